The van der Waals surface area contributed by atoms with Crippen LogP contribution in [0.4, 0.5) is 0 Å². The van der Waals surface area contributed by atoms with Crippen LogP contribution >= 0.6 is 8.03 Å². The van der Waals surface area contributed by atoms with Crippen molar-refractivity contribution < 1.29 is 29.2 Å². The van der Waals surface area contributed by atoms with Crippen LogP contribution in [-0.4, -0.2) is 52.8 Å². The van der Waals surface area contributed by atoms with E-state index in [2.05, 4.69) is 4.52 Å². The van der Waals surface area contributed by atoms with E-state index in [0.29, 0.717) is 0 Å². The van der Waals surface area contributed by atoms with Gasteiger partial charge in [0.05, 0.1) is 13.2 Å². The van der Waals surface area contributed by atoms with Crippen LogP contribution < -0.4 is 5.73 Å². The predicted octanol–water partition coefficient (Wildman–Crippen LogP) is -2.06. The molecule has 14 heavy (non-hydrogen) atoms. The van der Waals surface area contributed by atoms with Crippen LogP contribution in [0.3, 0.4) is 0 Å². The van der Waals surface area contributed by atoms with Gasteiger partial charge in [0.1, 0.15) is 12.1 Å². The molecule has 0 radical (unpaired) electrons. The lowest BCUT2D eigenvalue weighted by molar-refractivity contribution is -0.136. The molecular formula is C6H13NO6P+. The Morgan fingerprint density at radius 2 is 2.00 bits per heavy atom. The van der Waals surface area contributed by atoms with Gasteiger partial charge in [-0.3, -0.25) is 0 Å². The monoisotopic (exact) mass is 226 g/mol. The number of aliphatic hydroxyl groups excluding tert-OH is 3. The SMILES string of the molecule is N[C@@H](CO)C(=O)O[P+](=O)CC(O)CO. The highest BCUT2D eigenvalue weighted by Gasteiger charge is 2.29. The first-order valence-electron chi connectivity index (χ1n) is 3.83. The van der Waals surface area contributed by atoms with Gasteiger partial charge < -0.3 is 21.1 Å². The number of carbonyl (C=O) groups is 1. The molecule has 0 amide bonds. The molecule has 0 fully saturated rings. The van der Waals surface area contributed by atoms with E-state index >= 15 is 0 Å². The summed E-state index contributed by atoms with van der Waals surface area (Å²) in [6, 6.07) is -1.24. The number of hydrogen-bond acceptors (Lipinski definition) is 7. The summed E-state index contributed by atoms with van der Waals surface area (Å²) in [6.45, 7) is -1.17. The number of nitrogens with two attached hydrogens (primary N) is 1. The smallest absolute Gasteiger partial charge is 0.394 e. The Labute approximate surface area is 81.4 Å². The second-order valence-electron chi connectivity index (χ2n) is 2.55. The molecule has 0 heterocycles. The summed E-state index contributed by atoms with van der Waals surface area (Å²) in [6.07, 6.45) is -1.55. The maximum absolute atomic E-state index is 10.9. The van der Waals surface area contributed by atoms with Crippen molar-refractivity contribution in [2.24, 2.45) is 5.73 Å². The van der Waals surface area contributed by atoms with Crippen LogP contribution in [0.1, 0.15) is 0 Å². The number of aliphatic hydroxyl groups is 3. The topological polar surface area (TPSA) is 130 Å². The molecule has 3 atom stereocenters. The molecule has 0 bridgehead atoms. The maximum atomic E-state index is 10.9. The van der Waals surface area contributed by atoms with Gasteiger partial charge in [-0.1, -0.05) is 0 Å². The van der Waals surface area contributed by atoms with E-state index in [0.717, 1.165) is 0 Å². The molecule has 7 nitrogen and oxygen atoms in total. The van der Waals surface area contributed by atoms with Gasteiger partial charge in [0, 0.05) is 0 Å². The van der Waals surface area contributed by atoms with E-state index in [9.17, 15) is 9.36 Å². The van der Waals surface area contributed by atoms with Crippen LogP contribution in [0.2, 0.25) is 0 Å². The highest BCUT2D eigenvalue weighted by atomic mass is 31.1. The molecule has 0 aliphatic rings. The Morgan fingerprint density at radius 3 is 2.43 bits per heavy atom. The Bertz CT molecular complexity index is 210. The summed E-state index contributed by atoms with van der Waals surface area (Å²) in [7, 11) is -2.40. The van der Waals surface area contributed by atoms with Crippen molar-refractivity contribution in [3.8, 4) is 0 Å². The lowest BCUT2D eigenvalue weighted by Gasteiger charge is -2.01. The zero-order valence-electron chi connectivity index (χ0n) is 7.37. The number of carbonyl (C=O) groups excluding carboxylic acids is 1. The molecule has 8 heteroatoms. The molecule has 82 valence electrons. The molecular weight excluding hydrogens is 213 g/mol. The van der Waals surface area contributed by atoms with E-state index in [1.807, 2.05) is 0 Å². The van der Waals surface area contributed by atoms with Crippen LogP contribution in [0, 0.1) is 0 Å². The quantitative estimate of drug-likeness (QED) is 0.383. The normalized spacial score (nSPS) is 15.9. The molecule has 0 aromatic rings. The summed E-state index contributed by atoms with van der Waals surface area (Å²) in [5, 5.41) is 25.7. The van der Waals surface area contributed by atoms with E-state index < -0.39 is 39.4 Å². The summed E-state index contributed by atoms with van der Waals surface area (Å²) in [5.41, 5.74) is 5.06. The fourth-order valence-corrected chi connectivity index (χ4v) is 1.38. The van der Waals surface area contributed by atoms with Gasteiger partial charge in [0.15, 0.2) is 0 Å². The third kappa shape index (κ3) is 5.21. The van der Waals surface area contributed by atoms with Crippen molar-refractivity contribution >= 4 is 14.0 Å². The van der Waals surface area contributed by atoms with Gasteiger partial charge in [-0.2, -0.15) is 0 Å². The fraction of sp³-hybridized carbons (Fsp3) is 0.833. The van der Waals surface area contributed by atoms with Gasteiger partial charge in [0.25, 0.3) is 0 Å². The summed E-state index contributed by atoms with van der Waals surface area (Å²) >= 11 is 0. The third-order valence-corrected chi connectivity index (χ3v) is 2.37. The molecule has 0 spiro atoms. The summed E-state index contributed by atoms with van der Waals surface area (Å²) in [4.78, 5) is 10.8. The average molecular weight is 226 g/mol. The molecule has 0 saturated carbocycles. The Balaban J connectivity index is 3.88. The Kier molecular flexibility index (Phi) is 6.52. The van der Waals surface area contributed by atoms with Gasteiger partial charge in [-0.15, -0.1) is 0 Å². The first-order valence-corrected chi connectivity index (χ1v) is 5.19. The predicted molar refractivity (Wildman–Crippen MR) is 46.7 cm³/mol. The molecule has 0 aromatic carbocycles. The molecule has 0 saturated heterocycles. The van der Waals surface area contributed by atoms with E-state index in [-0.39, 0.29) is 6.16 Å². The van der Waals surface area contributed by atoms with Gasteiger partial charge >= 0.3 is 14.0 Å². The van der Waals surface area contributed by atoms with E-state index in [4.69, 9.17) is 21.1 Å². The number of hydrogen-bond donors (Lipinski definition) is 4. The van der Waals surface area contributed by atoms with Crippen LogP contribution in [0.15, 0.2) is 0 Å². The van der Waals surface area contributed by atoms with Crippen molar-refractivity contribution in [2.75, 3.05) is 19.4 Å². The fourth-order valence-electron chi connectivity index (χ4n) is 0.510. The highest BCUT2D eigenvalue weighted by molar-refractivity contribution is 7.39. The zero-order chi connectivity index (χ0) is 11.1. The molecule has 2 unspecified atom stereocenters. The molecule has 0 aliphatic carbocycles. The van der Waals surface area contributed by atoms with Crippen LogP contribution in [0.5, 0.6) is 0 Å². The lowest BCUT2D eigenvalue weighted by Crippen LogP contribution is -2.34. The highest BCUT2D eigenvalue weighted by Crippen LogP contribution is 2.23. The van der Waals surface area contributed by atoms with Gasteiger partial charge in [0.2, 0.25) is 6.16 Å². The Hall–Kier alpha value is -0.590. The third-order valence-electron chi connectivity index (χ3n) is 1.26. The van der Waals surface area contributed by atoms with E-state index in [1.54, 1.807) is 0 Å². The number of rotatable bonds is 6. The zero-order valence-corrected chi connectivity index (χ0v) is 8.26. The molecule has 0 rings (SSSR count). The van der Waals surface area contributed by atoms with Crippen molar-refractivity contribution in [1.82, 2.24) is 0 Å². The largest absolute Gasteiger partial charge is 0.561 e. The lowest BCUT2D eigenvalue weighted by atomic mass is 10.3. The van der Waals surface area contributed by atoms with Crippen molar-refractivity contribution in [1.29, 1.82) is 0 Å². The molecule has 0 aromatic heterocycles. The second kappa shape index (κ2) is 6.80. The van der Waals surface area contributed by atoms with Crippen molar-refractivity contribution in [2.45, 2.75) is 12.1 Å². The molecule has 5 N–H and O–H groups in total. The van der Waals surface area contributed by atoms with E-state index in [1.165, 1.54) is 0 Å². The van der Waals surface area contributed by atoms with Gasteiger partial charge in [-0.05, 0) is 4.57 Å². The van der Waals surface area contributed by atoms with Gasteiger partial charge in [-0.25, -0.2) is 9.32 Å². The van der Waals surface area contributed by atoms with Crippen molar-refractivity contribution in [3.05, 3.63) is 0 Å². The standard InChI is InChI=1S/C6H13NO6P/c7-5(2-9)6(11)13-14(12)3-4(10)1-8/h4-5,8-10H,1-3,7H2/q+1/t4?,5-/m0/s1. The maximum Gasteiger partial charge on any atom is 0.561 e. The average Bonchev–Trinajstić information content (AvgIpc) is 2.15. The first-order chi connectivity index (χ1) is 6.51. The van der Waals surface area contributed by atoms with Crippen LogP contribution in [-0.2, 0) is 13.9 Å². The summed E-state index contributed by atoms with van der Waals surface area (Å²) in [5.74, 6) is -1.00. The van der Waals surface area contributed by atoms with Crippen molar-refractivity contribution in [3.63, 3.8) is 0 Å². The second-order valence-corrected chi connectivity index (χ2v) is 3.76. The minimum Gasteiger partial charge on any atom is -0.394 e. The first kappa shape index (κ1) is 13.4. The summed E-state index contributed by atoms with van der Waals surface area (Å²) < 4.78 is 15.2. The minimum atomic E-state index is -2.40. The molecule has 0 aliphatic heterocycles. The Morgan fingerprint density at radius 1 is 1.43 bits per heavy atom. The minimum absolute atomic E-state index is 0.351. The van der Waals surface area contributed by atoms with Crippen LogP contribution in [0.25, 0.3) is 0 Å².